The molecule has 5 rings (SSSR count). The number of rotatable bonds is 6. The minimum absolute atomic E-state index is 0.0417. The molecule has 170 valence electrons. The Morgan fingerprint density at radius 1 is 1.13 bits per heavy atom. The Kier molecular flexibility index (Phi) is 6.07. The number of morpholine rings is 1. The van der Waals surface area contributed by atoms with Gasteiger partial charge in [-0.15, -0.1) is 0 Å². The van der Waals surface area contributed by atoms with E-state index >= 15 is 0 Å². The number of benzene rings is 1. The van der Waals surface area contributed by atoms with Crippen LogP contribution in [0.4, 0.5) is 0 Å². The summed E-state index contributed by atoms with van der Waals surface area (Å²) in [5, 5.41) is 3.25. The third-order valence-electron chi connectivity index (χ3n) is 7.69. The number of nitrogens with one attached hydrogen (secondary N) is 2. The van der Waals surface area contributed by atoms with Crippen LogP contribution in [0.5, 0.6) is 0 Å². The second kappa shape index (κ2) is 8.81. The number of fused-ring (bicyclic) bond motifs is 5. The first-order valence-electron chi connectivity index (χ1n) is 11.8. The van der Waals surface area contributed by atoms with Gasteiger partial charge in [0, 0.05) is 25.6 Å². The van der Waals surface area contributed by atoms with E-state index in [1.807, 2.05) is 12.1 Å². The summed E-state index contributed by atoms with van der Waals surface area (Å²) in [5.74, 6) is 1.16. The summed E-state index contributed by atoms with van der Waals surface area (Å²) in [4.78, 5) is 15.3. The summed E-state index contributed by atoms with van der Waals surface area (Å²) in [5.41, 5.74) is 2.19. The standard InChI is InChI=1S/C23H33N3O4S/c27-23-20-5-2-1-4-19(20)21-15-16-14-17(6-7-18(16)22(21)25-23)31(28,29)24-8-3-9-26-10-12-30-13-11-26/h6-7,14,19-22,24H,1-5,8-13,15H2,(H,25,27). The molecule has 7 nitrogen and oxygen atoms in total. The van der Waals surface area contributed by atoms with Crippen molar-refractivity contribution >= 4 is 15.9 Å². The van der Waals surface area contributed by atoms with Gasteiger partial charge in [0.2, 0.25) is 15.9 Å². The predicted octanol–water partition coefficient (Wildman–Crippen LogP) is 1.84. The van der Waals surface area contributed by atoms with E-state index in [0.717, 1.165) is 76.1 Å². The highest BCUT2D eigenvalue weighted by Crippen LogP contribution is 2.50. The fraction of sp³-hybridized carbons (Fsp3) is 0.696. The molecule has 2 aliphatic carbocycles. The molecule has 4 unspecified atom stereocenters. The van der Waals surface area contributed by atoms with Crippen LogP contribution in [0.25, 0.3) is 0 Å². The first-order valence-corrected chi connectivity index (χ1v) is 13.2. The molecule has 2 N–H and O–H groups in total. The molecule has 8 heteroatoms. The molecule has 31 heavy (non-hydrogen) atoms. The Morgan fingerprint density at radius 3 is 2.77 bits per heavy atom. The van der Waals surface area contributed by atoms with Gasteiger partial charge in [-0.1, -0.05) is 18.9 Å². The second-order valence-electron chi connectivity index (χ2n) is 9.48. The lowest BCUT2D eigenvalue weighted by Gasteiger charge is -2.42. The Hall–Kier alpha value is -1.48. The fourth-order valence-electron chi connectivity index (χ4n) is 6.09. The number of hydrogen-bond donors (Lipinski definition) is 2. The number of ether oxygens (including phenoxy) is 1. The van der Waals surface area contributed by atoms with Gasteiger partial charge in [0.05, 0.1) is 24.2 Å². The molecular weight excluding hydrogens is 414 g/mol. The molecule has 2 saturated heterocycles. The van der Waals surface area contributed by atoms with Gasteiger partial charge in [0.1, 0.15) is 0 Å². The van der Waals surface area contributed by atoms with E-state index in [1.165, 1.54) is 6.42 Å². The highest BCUT2D eigenvalue weighted by atomic mass is 32.2. The van der Waals surface area contributed by atoms with Crippen LogP contribution >= 0.6 is 0 Å². The largest absolute Gasteiger partial charge is 0.379 e. The maximum absolute atomic E-state index is 12.9. The Morgan fingerprint density at radius 2 is 1.94 bits per heavy atom. The molecule has 4 aliphatic rings. The van der Waals surface area contributed by atoms with E-state index in [4.69, 9.17) is 4.74 Å². The highest BCUT2D eigenvalue weighted by molar-refractivity contribution is 7.89. The van der Waals surface area contributed by atoms with Crippen LogP contribution in [-0.2, 0) is 26.0 Å². The average Bonchev–Trinajstić information content (AvgIpc) is 3.16. The molecule has 0 spiro atoms. The first-order chi connectivity index (χ1) is 15.0. The fourth-order valence-corrected chi connectivity index (χ4v) is 7.21. The van der Waals surface area contributed by atoms with Crippen LogP contribution in [0.1, 0.15) is 49.3 Å². The van der Waals surface area contributed by atoms with E-state index in [9.17, 15) is 13.2 Å². The molecule has 1 amide bonds. The number of sulfonamides is 1. The van der Waals surface area contributed by atoms with E-state index < -0.39 is 10.0 Å². The number of hydrogen-bond acceptors (Lipinski definition) is 5. The molecule has 4 atom stereocenters. The molecule has 1 saturated carbocycles. The molecular formula is C23H33N3O4S. The van der Waals surface area contributed by atoms with Crippen LogP contribution < -0.4 is 10.0 Å². The van der Waals surface area contributed by atoms with Crippen LogP contribution in [0.3, 0.4) is 0 Å². The molecule has 0 aromatic heterocycles. The van der Waals surface area contributed by atoms with E-state index in [-0.39, 0.29) is 17.9 Å². The topological polar surface area (TPSA) is 87.7 Å². The van der Waals surface area contributed by atoms with E-state index in [0.29, 0.717) is 23.3 Å². The van der Waals surface area contributed by atoms with Gasteiger partial charge in [-0.25, -0.2) is 13.1 Å². The zero-order chi connectivity index (χ0) is 21.4. The van der Waals surface area contributed by atoms with Crippen molar-refractivity contribution in [1.29, 1.82) is 0 Å². The number of piperidine rings is 1. The molecule has 2 aliphatic heterocycles. The van der Waals surface area contributed by atoms with Gasteiger partial charge in [-0.3, -0.25) is 9.69 Å². The summed E-state index contributed by atoms with van der Waals surface area (Å²) in [7, 11) is -3.53. The van der Waals surface area contributed by atoms with Crippen molar-refractivity contribution < 1.29 is 17.9 Å². The molecule has 3 fully saturated rings. The minimum Gasteiger partial charge on any atom is -0.379 e. The quantitative estimate of drug-likeness (QED) is 0.650. The van der Waals surface area contributed by atoms with Gasteiger partial charge in [-0.2, -0.15) is 0 Å². The SMILES string of the molecule is O=C1NC2c3ccc(S(=O)(=O)NCCCN4CCOCC4)cc3CC2C2CCCCC12. The molecule has 1 aromatic carbocycles. The number of amides is 1. The smallest absolute Gasteiger partial charge is 0.240 e. The molecule has 0 bridgehead atoms. The number of nitrogens with zero attached hydrogens (tertiary/aromatic N) is 1. The van der Waals surface area contributed by atoms with Gasteiger partial charge < -0.3 is 10.1 Å². The van der Waals surface area contributed by atoms with Gasteiger partial charge in [0.15, 0.2) is 0 Å². The Balaban J connectivity index is 1.24. The molecule has 2 heterocycles. The molecule has 0 radical (unpaired) electrons. The normalized spacial score (nSPS) is 30.9. The minimum atomic E-state index is -3.53. The van der Waals surface area contributed by atoms with E-state index in [1.54, 1.807) is 6.07 Å². The number of carbonyl (C=O) groups excluding carboxylic acids is 1. The predicted molar refractivity (Wildman–Crippen MR) is 117 cm³/mol. The van der Waals surface area contributed by atoms with Crippen molar-refractivity contribution in [2.45, 2.75) is 49.5 Å². The lowest BCUT2D eigenvalue weighted by atomic mass is 9.67. The Bertz CT molecular complexity index is 929. The van der Waals surface area contributed by atoms with Crippen molar-refractivity contribution in [2.75, 3.05) is 39.4 Å². The summed E-state index contributed by atoms with van der Waals surface area (Å²) >= 11 is 0. The first kappa shape index (κ1) is 21.4. The third-order valence-corrected chi connectivity index (χ3v) is 9.15. The van der Waals surface area contributed by atoms with Crippen molar-refractivity contribution in [3.8, 4) is 0 Å². The lowest BCUT2D eigenvalue weighted by molar-refractivity contribution is -0.134. The third kappa shape index (κ3) is 4.27. The maximum atomic E-state index is 12.9. The van der Waals surface area contributed by atoms with E-state index in [2.05, 4.69) is 14.9 Å². The van der Waals surface area contributed by atoms with Crippen LogP contribution in [0, 0.1) is 17.8 Å². The lowest BCUT2D eigenvalue weighted by Crippen LogP contribution is -2.49. The Labute approximate surface area is 185 Å². The summed E-state index contributed by atoms with van der Waals surface area (Å²) in [6, 6.07) is 5.50. The zero-order valence-corrected chi connectivity index (χ0v) is 18.8. The summed E-state index contributed by atoms with van der Waals surface area (Å²) in [6.45, 7) is 4.65. The summed E-state index contributed by atoms with van der Waals surface area (Å²) in [6.07, 6.45) is 6.08. The maximum Gasteiger partial charge on any atom is 0.240 e. The summed E-state index contributed by atoms with van der Waals surface area (Å²) < 4.78 is 33.8. The van der Waals surface area contributed by atoms with Crippen LogP contribution in [-0.4, -0.2) is 58.6 Å². The highest BCUT2D eigenvalue weighted by Gasteiger charge is 2.48. The second-order valence-corrected chi connectivity index (χ2v) is 11.2. The monoisotopic (exact) mass is 447 g/mol. The van der Waals surface area contributed by atoms with Gasteiger partial charge >= 0.3 is 0 Å². The number of carbonyl (C=O) groups is 1. The molecule has 1 aromatic rings. The van der Waals surface area contributed by atoms with Crippen LogP contribution in [0.15, 0.2) is 23.1 Å². The van der Waals surface area contributed by atoms with Gasteiger partial charge in [0.25, 0.3) is 0 Å². The zero-order valence-electron chi connectivity index (χ0n) is 18.0. The van der Waals surface area contributed by atoms with Crippen LogP contribution in [0.2, 0.25) is 0 Å². The average molecular weight is 448 g/mol. The van der Waals surface area contributed by atoms with Crippen molar-refractivity contribution in [1.82, 2.24) is 14.9 Å². The van der Waals surface area contributed by atoms with Gasteiger partial charge in [-0.05, 0) is 67.3 Å². The van der Waals surface area contributed by atoms with Crippen molar-refractivity contribution in [3.63, 3.8) is 0 Å². The van der Waals surface area contributed by atoms with Crippen molar-refractivity contribution in [3.05, 3.63) is 29.3 Å². The van der Waals surface area contributed by atoms with Crippen molar-refractivity contribution in [2.24, 2.45) is 17.8 Å².